The largest absolute Gasteiger partial charge is 0.351 e. The van der Waals surface area contributed by atoms with Crippen molar-refractivity contribution in [2.24, 2.45) is 4.99 Å². The van der Waals surface area contributed by atoms with Gasteiger partial charge in [-0.2, -0.15) is 4.99 Å². The first-order valence-corrected chi connectivity index (χ1v) is 8.89. The summed E-state index contributed by atoms with van der Waals surface area (Å²) in [6.07, 6.45) is 2.39. The number of carbonyl (C=O) groups excluding carboxylic acids is 2. The first kappa shape index (κ1) is 16.3. The van der Waals surface area contributed by atoms with Gasteiger partial charge >= 0.3 is 0 Å². The zero-order valence-electron chi connectivity index (χ0n) is 12.8. The molecule has 2 heterocycles. The molecule has 0 aromatic heterocycles. The van der Waals surface area contributed by atoms with Gasteiger partial charge in [-0.25, -0.2) is 0 Å². The molecule has 1 fully saturated rings. The minimum absolute atomic E-state index is 0.121. The van der Waals surface area contributed by atoms with Crippen LogP contribution in [0.3, 0.4) is 0 Å². The summed E-state index contributed by atoms with van der Waals surface area (Å²) in [4.78, 5) is 30.5. The molecule has 2 amide bonds. The van der Waals surface area contributed by atoms with E-state index in [2.05, 4.69) is 15.2 Å². The first-order chi connectivity index (χ1) is 11.0. The van der Waals surface area contributed by atoms with Gasteiger partial charge in [0.05, 0.1) is 0 Å². The van der Waals surface area contributed by atoms with Crippen LogP contribution in [0, 0.1) is 6.92 Å². The Hall–Kier alpha value is -1.53. The average Bonchev–Trinajstić information content (AvgIpc) is 3.14. The monoisotopic (exact) mass is 351 g/mol. The SMILES string of the molecule is Cc1c(Cl)cccc1NC(=O)CC1SC(N2CCCC2)=NC1=O. The predicted octanol–water partition coefficient (Wildman–Crippen LogP) is 3.07. The van der Waals surface area contributed by atoms with Crippen molar-refractivity contribution in [1.82, 2.24) is 4.90 Å². The number of anilines is 1. The molecular formula is C16H18ClN3O2S. The number of nitrogens with one attached hydrogen (secondary N) is 1. The molecule has 1 saturated heterocycles. The lowest BCUT2D eigenvalue weighted by molar-refractivity contribution is -0.121. The summed E-state index contributed by atoms with van der Waals surface area (Å²) in [7, 11) is 0. The number of halogens is 1. The van der Waals surface area contributed by atoms with Gasteiger partial charge in [0.1, 0.15) is 5.25 Å². The second kappa shape index (κ2) is 6.93. The van der Waals surface area contributed by atoms with Gasteiger partial charge < -0.3 is 10.2 Å². The van der Waals surface area contributed by atoms with Crippen LogP contribution >= 0.6 is 23.4 Å². The van der Waals surface area contributed by atoms with Crippen molar-refractivity contribution >= 4 is 46.0 Å². The molecule has 2 aliphatic rings. The highest BCUT2D eigenvalue weighted by molar-refractivity contribution is 8.15. The van der Waals surface area contributed by atoms with E-state index in [1.165, 1.54) is 11.8 Å². The third kappa shape index (κ3) is 3.70. The van der Waals surface area contributed by atoms with Gasteiger partial charge in [-0.3, -0.25) is 9.59 Å². The summed E-state index contributed by atoms with van der Waals surface area (Å²) in [6, 6.07) is 5.36. The lowest BCUT2D eigenvalue weighted by Gasteiger charge is -2.16. The van der Waals surface area contributed by atoms with E-state index >= 15 is 0 Å². The maximum absolute atomic E-state index is 12.2. The first-order valence-electron chi connectivity index (χ1n) is 7.63. The second-order valence-corrected chi connectivity index (χ2v) is 7.28. The van der Waals surface area contributed by atoms with Crippen LogP contribution in [0.25, 0.3) is 0 Å². The van der Waals surface area contributed by atoms with Crippen molar-refractivity contribution in [3.8, 4) is 0 Å². The molecule has 1 unspecified atom stereocenters. The fourth-order valence-electron chi connectivity index (χ4n) is 2.67. The number of rotatable bonds is 3. The number of aliphatic imine (C=N–C) groups is 1. The van der Waals surface area contributed by atoms with Crippen LogP contribution in [0.2, 0.25) is 5.02 Å². The Morgan fingerprint density at radius 1 is 1.43 bits per heavy atom. The number of carbonyl (C=O) groups is 2. The molecule has 1 N–H and O–H groups in total. The van der Waals surface area contributed by atoms with E-state index in [9.17, 15) is 9.59 Å². The third-order valence-electron chi connectivity index (χ3n) is 4.02. The van der Waals surface area contributed by atoms with Gasteiger partial charge in [-0.15, -0.1) is 0 Å². The summed E-state index contributed by atoms with van der Waals surface area (Å²) in [5, 5.41) is 3.78. The van der Waals surface area contributed by atoms with Gasteiger partial charge in [0.2, 0.25) is 5.91 Å². The molecule has 7 heteroatoms. The van der Waals surface area contributed by atoms with Gasteiger partial charge in [0.25, 0.3) is 5.91 Å². The van der Waals surface area contributed by atoms with Crippen LogP contribution in [0.15, 0.2) is 23.2 Å². The van der Waals surface area contributed by atoms with Gasteiger partial charge in [-0.1, -0.05) is 29.4 Å². The highest BCUT2D eigenvalue weighted by Gasteiger charge is 2.33. The standard InChI is InChI=1S/C16H18ClN3O2S/c1-10-11(17)5-4-6-12(10)18-14(21)9-13-15(22)19-16(23-13)20-7-2-3-8-20/h4-6,13H,2-3,7-9H2,1H3,(H,18,21). The fourth-order valence-corrected chi connectivity index (χ4v) is 3.96. The highest BCUT2D eigenvalue weighted by atomic mass is 35.5. The van der Waals surface area contributed by atoms with E-state index in [0.29, 0.717) is 10.7 Å². The number of nitrogens with zero attached hydrogens (tertiary/aromatic N) is 2. The third-order valence-corrected chi connectivity index (χ3v) is 5.64. The van der Waals surface area contributed by atoms with Crippen molar-refractivity contribution in [3.05, 3.63) is 28.8 Å². The fraction of sp³-hybridized carbons (Fsp3) is 0.438. The molecule has 0 aliphatic carbocycles. The van der Waals surface area contributed by atoms with Crippen molar-refractivity contribution < 1.29 is 9.59 Å². The molecule has 1 aromatic carbocycles. The molecule has 1 aromatic rings. The topological polar surface area (TPSA) is 61.8 Å². The summed E-state index contributed by atoms with van der Waals surface area (Å²) in [5.41, 5.74) is 1.50. The second-order valence-electron chi connectivity index (χ2n) is 5.70. The van der Waals surface area contributed by atoms with Gasteiger partial charge in [-0.05, 0) is 37.5 Å². The highest BCUT2D eigenvalue weighted by Crippen LogP contribution is 2.30. The van der Waals surface area contributed by atoms with Gasteiger partial charge in [0.15, 0.2) is 5.17 Å². The summed E-state index contributed by atoms with van der Waals surface area (Å²) >= 11 is 7.45. The van der Waals surface area contributed by atoms with E-state index in [1.807, 2.05) is 6.92 Å². The molecule has 1 atom stereocenters. The molecular weight excluding hydrogens is 334 g/mol. The predicted molar refractivity (Wildman–Crippen MR) is 94.1 cm³/mol. The van der Waals surface area contributed by atoms with E-state index in [4.69, 9.17) is 11.6 Å². The molecule has 0 bridgehead atoms. The molecule has 5 nitrogen and oxygen atoms in total. The molecule has 2 aliphatic heterocycles. The molecule has 122 valence electrons. The van der Waals surface area contributed by atoms with Crippen molar-refractivity contribution in [1.29, 1.82) is 0 Å². The Kier molecular flexibility index (Phi) is 4.92. The van der Waals surface area contributed by atoms with E-state index in [-0.39, 0.29) is 18.2 Å². The maximum atomic E-state index is 12.2. The van der Waals surface area contributed by atoms with Crippen LogP contribution in [-0.2, 0) is 9.59 Å². The van der Waals surface area contributed by atoms with Crippen LogP contribution in [0.1, 0.15) is 24.8 Å². The number of thioether (sulfide) groups is 1. The van der Waals surface area contributed by atoms with Crippen LogP contribution in [-0.4, -0.2) is 40.2 Å². The Balaban J connectivity index is 1.58. The Labute approximate surface area is 144 Å². The molecule has 0 radical (unpaired) electrons. The zero-order chi connectivity index (χ0) is 16.4. The van der Waals surface area contributed by atoms with Gasteiger partial charge in [0, 0.05) is 30.2 Å². The molecule has 0 spiro atoms. The minimum atomic E-state index is -0.426. The molecule has 23 heavy (non-hydrogen) atoms. The summed E-state index contributed by atoms with van der Waals surface area (Å²) in [5.74, 6) is -0.408. The van der Waals surface area contributed by atoms with E-state index < -0.39 is 5.25 Å². The van der Waals surface area contributed by atoms with Crippen molar-refractivity contribution in [3.63, 3.8) is 0 Å². The lowest BCUT2D eigenvalue weighted by atomic mass is 10.2. The zero-order valence-corrected chi connectivity index (χ0v) is 14.4. The number of benzene rings is 1. The summed E-state index contributed by atoms with van der Waals surface area (Å²) in [6.45, 7) is 3.74. The molecule has 3 rings (SSSR count). The Bertz CT molecular complexity index is 671. The normalized spacial score (nSPS) is 20.8. The quantitative estimate of drug-likeness (QED) is 0.909. The lowest BCUT2D eigenvalue weighted by Crippen LogP contribution is -2.25. The van der Waals surface area contributed by atoms with Crippen molar-refractivity contribution in [2.45, 2.75) is 31.4 Å². The van der Waals surface area contributed by atoms with Crippen molar-refractivity contribution in [2.75, 3.05) is 18.4 Å². The van der Waals surface area contributed by atoms with Crippen LogP contribution in [0.5, 0.6) is 0 Å². The maximum Gasteiger partial charge on any atom is 0.262 e. The minimum Gasteiger partial charge on any atom is -0.351 e. The van der Waals surface area contributed by atoms with E-state index in [0.717, 1.165) is 36.7 Å². The number of hydrogen-bond donors (Lipinski definition) is 1. The Morgan fingerprint density at radius 2 is 2.17 bits per heavy atom. The van der Waals surface area contributed by atoms with Crippen LogP contribution < -0.4 is 5.32 Å². The smallest absolute Gasteiger partial charge is 0.262 e. The number of amides is 2. The Morgan fingerprint density at radius 3 is 2.91 bits per heavy atom. The van der Waals surface area contributed by atoms with Crippen LogP contribution in [0.4, 0.5) is 5.69 Å². The number of amidine groups is 1. The number of hydrogen-bond acceptors (Lipinski definition) is 4. The van der Waals surface area contributed by atoms with E-state index in [1.54, 1.807) is 18.2 Å². The average molecular weight is 352 g/mol. The molecule has 0 saturated carbocycles. The summed E-state index contributed by atoms with van der Waals surface area (Å²) < 4.78 is 0. The number of likely N-dealkylation sites (tertiary alicyclic amines) is 1.